The molecule has 0 aliphatic carbocycles. The van der Waals surface area contributed by atoms with E-state index < -0.39 is 0 Å². The van der Waals surface area contributed by atoms with Crippen molar-refractivity contribution in [1.82, 2.24) is 9.97 Å². The maximum atomic E-state index is 5.99. The Labute approximate surface area is 108 Å². The number of rotatable bonds is 3. The number of imidazole rings is 1. The van der Waals surface area contributed by atoms with Gasteiger partial charge in [0, 0.05) is 28.7 Å². The fourth-order valence-corrected chi connectivity index (χ4v) is 2.27. The first kappa shape index (κ1) is 11.7. The molecule has 0 spiro atoms. The van der Waals surface area contributed by atoms with E-state index in [1.54, 1.807) is 6.20 Å². The van der Waals surface area contributed by atoms with Crippen molar-refractivity contribution in [3.8, 4) is 0 Å². The molecular weight excluding hydrogens is 288 g/mol. The number of nitrogens with zero attached hydrogens (tertiary/aromatic N) is 1. The zero-order chi connectivity index (χ0) is 11.5. The quantitative estimate of drug-likeness (QED) is 0.851. The first-order chi connectivity index (χ1) is 7.66. The topological polar surface area (TPSA) is 28.7 Å². The highest BCUT2D eigenvalue weighted by Crippen LogP contribution is 2.28. The second-order valence-electron chi connectivity index (χ2n) is 3.72. The van der Waals surface area contributed by atoms with Crippen LogP contribution in [0.25, 0.3) is 0 Å². The molecule has 0 amide bonds. The van der Waals surface area contributed by atoms with Crippen molar-refractivity contribution in [3.05, 3.63) is 52.6 Å². The van der Waals surface area contributed by atoms with Gasteiger partial charge in [-0.25, -0.2) is 4.98 Å². The largest absolute Gasteiger partial charge is 0.349 e. The number of alkyl halides is 1. The van der Waals surface area contributed by atoms with Crippen LogP contribution in [0.1, 0.15) is 21.8 Å². The zero-order valence-corrected chi connectivity index (χ0v) is 11.2. The van der Waals surface area contributed by atoms with Gasteiger partial charge < -0.3 is 4.98 Å². The number of benzene rings is 1. The lowest BCUT2D eigenvalue weighted by atomic mass is 10.1. The number of aromatic nitrogens is 2. The van der Waals surface area contributed by atoms with Crippen molar-refractivity contribution >= 4 is 27.5 Å². The van der Waals surface area contributed by atoms with E-state index in [0.717, 1.165) is 22.8 Å². The summed E-state index contributed by atoms with van der Waals surface area (Å²) in [6, 6.07) is 6.07. The smallest absolute Gasteiger partial charge is 0.107 e. The van der Waals surface area contributed by atoms with Gasteiger partial charge >= 0.3 is 0 Å². The van der Waals surface area contributed by atoms with Gasteiger partial charge in [-0.05, 0) is 24.1 Å². The third kappa shape index (κ3) is 2.66. The average Bonchev–Trinajstić information content (AvgIpc) is 2.74. The van der Waals surface area contributed by atoms with E-state index in [1.165, 1.54) is 5.56 Å². The number of hydrogen-bond acceptors (Lipinski definition) is 1. The van der Waals surface area contributed by atoms with Crippen LogP contribution in [0.2, 0.25) is 5.02 Å². The Morgan fingerprint density at radius 3 is 2.94 bits per heavy atom. The Morgan fingerprint density at radius 2 is 2.31 bits per heavy atom. The molecule has 84 valence electrons. The van der Waals surface area contributed by atoms with Gasteiger partial charge in [0.05, 0.1) is 0 Å². The minimum absolute atomic E-state index is 0.259. The fraction of sp³-hybridized carbons (Fsp3) is 0.250. The zero-order valence-electron chi connectivity index (χ0n) is 8.87. The number of hydrogen-bond donors (Lipinski definition) is 1. The maximum Gasteiger partial charge on any atom is 0.107 e. The highest BCUT2D eigenvalue weighted by atomic mass is 79.9. The van der Waals surface area contributed by atoms with Gasteiger partial charge in [0.1, 0.15) is 5.82 Å². The second-order valence-corrected chi connectivity index (χ2v) is 5.23. The molecule has 0 saturated carbocycles. The molecular formula is C12H12BrClN2. The molecule has 1 atom stereocenters. The van der Waals surface area contributed by atoms with E-state index in [1.807, 2.05) is 25.3 Å². The van der Waals surface area contributed by atoms with Gasteiger partial charge in [-0.3, -0.25) is 0 Å². The summed E-state index contributed by atoms with van der Waals surface area (Å²) in [6.45, 7) is 2.01. The van der Waals surface area contributed by atoms with Crippen molar-refractivity contribution in [3.63, 3.8) is 0 Å². The predicted octanol–water partition coefficient (Wildman–Crippen LogP) is 4.05. The highest BCUT2D eigenvalue weighted by molar-refractivity contribution is 9.09. The van der Waals surface area contributed by atoms with Crippen LogP contribution >= 0.6 is 27.5 Å². The Hall–Kier alpha value is -0.800. The van der Waals surface area contributed by atoms with Crippen LogP contribution in [-0.2, 0) is 6.42 Å². The number of aromatic amines is 1. The number of aryl methyl sites for hydroxylation is 1. The normalized spacial score (nSPS) is 12.7. The molecule has 0 fully saturated rings. The second kappa shape index (κ2) is 5.02. The van der Waals surface area contributed by atoms with Crippen molar-refractivity contribution in [2.45, 2.75) is 18.2 Å². The summed E-state index contributed by atoms with van der Waals surface area (Å²) in [5.74, 6) is 0.981. The average molecular weight is 300 g/mol. The molecule has 0 aliphatic heterocycles. The minimum Gasteiger partial charge on any atom is -0.349 e. The molecule has 2 aromatic rings. The minimum atomic E-state index is 0.259. The third-order valence-corrected chi connectivity index (χ3v) is 3.75. The van der Waals surface area contributed by atoms with Crippen molar-refractivity contribution in [2.24, 2.45) is 0 Å². The fourth-order valence-electron chi connectivity index (χ4n) is 1.56. The van der Waals surface area contributed by atoms with Crippen LogP contribution in [0.4, 0.5) is 0 Å². The molecule has 1 aromatic carbocycles. The van der Waals surface area contributed by atoms with E-state index >= 15 is 0 Å². The van der Waals surface area contributed by atoms with E-state index in [9.17, 15) is 0 Å². The van der Waals surface area contributed by atoms with Gasteiger partial charge in [-0.15, -0.1) is 0 Å². The first-order valence-electron chi connectivity index (χ1n) is 5.05. The van der Waals surface area contributed by atoms with Gasteiger partial charge in [0.15, 0.2) is 0 Å². The number of H-pyrrole nitrogens is 1. The summed E-state index contributed by atoms with van der Waals surface area (Å²) in [6.07, 6.45) is 4.44. The van der Waals surface area contributed by atoms with Crippen LogP contribution in [-0.4, -0.2) is 9.97 Å². The molecule has 1 N–H and O–H groups in total. The lowest BCUT2D eigenvalue weighted by molar-refractivity contribution is 0.875. The lowest BCUT2D eigenvalue weighted by Gasteiger charge is -2.10. The Morgan fingerprint density at radius 1 is 1.50 bits per heavy atom. The van der Waals surface area contributed by atoms with Gasteiger partial charge in [0.25, 0.3) is 0 Å². The summed E-state index contributed by atoms with van der Waals surface area (Å²) in [5.41, 5.74) is 2.32. The first-order valence-corrected chi connectivity index (χ1v) is 6.34. The Balaban J connectivity index is 2.14. The van der Waals surface area contributed by atoms with Gasteiger partial charge in [-0.2, -0.15) is 0 Å². The number of nitrogens with one attached hydrogen (secondary N) is 1. The van der Waals surface area contributed by atoms with Crippen LogP contribution in [0.3, 0.4) is 0 Å². The van der Waals surface area contributed by atoms with Gasteiger partial charge in [0.2, 0.25) is 0 Å². The number of halogens is 2. The van der Waals surface area contributed by atoms with Crippen LogP contribution in [0.15, 0.2) is 30.6 Å². The summed E-state index contributed by atoms with van der Waals surface area (Å²) >= 11 is 9.66. The standard InChI is InChI=1S/C12H12BrClN2/c1-8-6-9(2-3-11(8)14)10(13)7-12-15-4-5-16-12/h2-6,10H,7H2,1H3,(H,15,16). The summed E-state index contributed by atoms with van der Waals surface area (Å²) in [4.78, 5) is 7.57. The summed E-state index contributed by atoms with van der Waals surface area (Å²) in [7, 11) is 0. The Kier molecular flexibility index (Phi) is 3.66. The van der Waals surface area contributed by atoms with Crippen LogP contribution in [0, 0.1) is 6.92 Å². The van der Waals surface area contributed by atoms with Gasteiger partial charge in [-0.1, -0.05) is 39.7 Å². The molecule has 1 aromatic heterocycles. The molecule has 0 saturated heterocycles. The van der Waals surface area contributed by atoms with Crippen molar-refractivity contribution in [1.29, 1.82) is 0 Å². The maximum absolute atomic E-state index is 5.99. The SMILES string of the molecule is Cc1cc(C(Br)Cc2ncc[nH]2)ccc1Cl. The molecule has 0 aliphatic rings. The van der Waals surface area contributed by atoms with Crippen molar-refractivity contribution in [2.75, 3.05) is 0 Å². The van der Waals surface area contributed by atoms with Crippen LogP contribution < -0.4 is 0 Å². The van der Waals surface area contributed by atoms with E-state index in [0.29, 0.717) is 0 Å². The molecule has 4 heteroatoms. The third-order valence-electron chi connectivity index (χ3n) is 2.47. The molecule has 2 nitrogen and oxygen atoms in total. The predicted molar refractivity (Wildman–Crippen MR) is 70.1 cm³/mol. The molecule has 16 heavy (non-hydrogen) atoms. The monoisotopic (exact) mass is 298 g/mol. The van der Waals surface area contributed by atoms with Crippen molar-refractivity contribution < 1.29 is 0 Å². The summed E-state index contributed by atoms with van der Waals surface area (Å²) < 4.78 is 0. The molecule has 0 radical (unpaired) electrons. The lowest BCUT2D eigenvalue weighted by Crippen LogP contribution is -1.97. The van der Waals surface area contributed by atoms with E-state index in [4.69, 9.17) is 11.6 Å². The molecule has 1 heterocycles. The Bertz CT molecular complexity index is 468. The summed E-state index contributed by atoms with van der Waals surface area (Å²) in [5, 5.41) is 0.807. The molecule has 0 bridgehead atoms. The van der Waals surface area contributed by atoms with E-state index in [2.05, 4.69) is 32.0 Å². The van der Waals surface area contributed by atoms with E-state index in [-0.39, 0.29) is 4.83 Å². The van der Waals surface area contributed by atoms with Crippen LogP contribution in [0.5, 0.6) is 0 Å². The highest BCUT2D eigenvalue weighted by Gasteiger charge is 2.10. The molecule has 1 unspecified atom stereocenters. The molecule has 2 rings (SSSR count).